The molecule has 0 aliphatic heterocycles. The van der Waals surface area contributed by atoms with Crippen molar-refractivity contribution in [2.45, 2.75) is 39.4 Å². The summed E-state index contributed by atoms with van der Waals surface area (Å²) in [6.07, 6.45) is 2.81. The van der Waals surface area contributed by atoms with Gasteiger partial charge in [-0.3, -0.25) is 4.79 Å². The Morgan fingerprint density at radius 1 is 1.14 bits per heavy atom. The third-order valence-corrected chi connectivity index (χ3v) is 5.19. The molecule has 146 valence electrons. The molecule has 28 heavy (non-hydrogen) atoms. The molecule has 3 nitrogen and oxygen atoms in total. The van der Waals surface area contributed by atoms with Gasteiger partial charge in [-0.25, -0.2) is 4.39 Å². The second kappa shape index (κ2) is 9.07. The SMILES string of the molecule is CCC(C)N(Cc1cccn1Cc1cccc(Cl)c1)C(=O)c1cccc(F)c1. The topological polar surface area (TPSA) is 25.2 Å². The van der Waals surface area contributed by atoms with Crippen molar-refractivity contribution in [1.82, 2.24) is 9.47 Å². The number of hydrogen-bond donors (Lipinski definition) is 0. The third-order valence-electron chi connectivity index (χ3n) is 4.95. The van der Waals surface area contributed by atoms with Crippen molar-refractivity contribution in [2.75, 3.05) is 0 Å². The van der Waals surface area contributed by atoms with E-state index >= 15 is 0 Å². The van der Waals surface area contributed by atoms with Crippen LogP contribution >= 0.6 is 11.6 Å². The number of halogens is 2. The van der Waals surface area contributed by atoms with Crippen molar-refractivity contribution in [3.63, 3.8) is 0 Å². The Kier molecular flexibility index (Phi) is 6.53. The second-order valence-corrected chi connectivity index (χ2v) is 7.39. The number of carbonyl (C=O) groups is 1. The second-order valence-electron chi connectivity index (χ2n) is 6.96. The maximum atomic E-state index is 13.6. The molecule has 0 aliphatic carbocycles. The molecule has 0 radical (unpaired) electrons. The maximum absolute atomic E-state index is 13.6. The summed E-state index contributed by atoms with van der Waals surface area (Å²) in [6.45, 7) is 5.19. The molecule has 1 heterocycles. The molecule has 0 aliphatic rings. The molecule has 0 fully saturated rings. The van der Waals surface area contributed by atoms with Gasteiger partial charge in [-0.2, -0.15) is 0 Å². The lowest BCUT2D eigenvalue weighted by Crippen LogP contribution is -2.38. The van der Waals surface area contributed by atoms with Gasteiger partial charge in [0.1, 0.15) is 5.82 Å². The summed E-state index contributed by atoms with van der Waals surface area (Å²) in [5, 5.41) is 0.703. The van der Waals surface area contributed by atoms with Crippen molar-refractivity contribution in [1.29, 1.82) is 0 Å². The molecule has 5 heteroatoms. The molecule has 3 aromatic rings. The lowest BCUT2D eigenvalue weighted by atomic mass is 10.1. The number of carbonyl (C=O) groups excluding carboxylic acids is 1. The van der Waals surface area contributed by atoms with Gasteiger partial charge >= 0.3 is 0 Å². The first-order chi connectivity index (χ1) is 13.5. The van der Waals surface area contributed by atoms with Crippen LogP contribution in [0.2, 0.25) is 5.02 Å². The zero-order valence-electron chi connectivity index (χ0n) is 16.1. The van der Waals surface area contributed by atoms with E-state index in [2.05, 4.69) is 4.57 Å². The van der Waals surface area contributed by atoms with Crippen LogP contribution in [0.5, 0.6) is 0 Å². The molecule has 2 aromatic carbocycles. The summed E-state index contributed by atoms with van der Waals surface area (Å²) in [5.74, 6) is -0.566. The van der Waals surface area contributed by atoms with E-state index in [0.717, 1.165) is 17.7 Å². The minimum Gasteiger partial charge on any atom is -0.345 e. The van der Waals surface area contributed by atoms with Crippen LogP contribution in [0, 0.1) is 5.82 Å². The zero-order valence-corrected chi connectivity index (χ0v) is 16.9. The molecular formula is C23H24ClFN2O. The average Bonchev–Trinajstić information content (AvgIpc) is 3.11. The van der Waals surface area contributed by atoms with E-state index in [0.29, 0.717) is 23.7 Å². The van der Waals surface area contributed by atoms with Crippen LogP contribution < -0.4 is 0 Å². The fourth-order valence-corrected chi connectivity index (χ4v) is 3.40. The van der Waals surface area contributed by atoms with Crippen LogP contribution in [-0.2, 0) is 13.1 Å². The largest absolute Gasteiger partial charge is 0.345 e. The summed E-state index contributed by atoms with van der Waals surface area (Å²) < 4.78 is 15.7. The summed E-state index contributed by atoms with van der Waals surface area (Å²) in [6, 6.07) is 17.6. The molecule has 0 N–H and O–H groups in total. The minimum atomic E-state index is -0.403. The van der Waals surface area contributed by atoms with Gasteiger partial charge in [0, 0.05) is 35.1 Å². The van der Waals surface area contributed by atoms with Gasteiger partial charge < -0.3 is 9.47 Å². The van der Waals surface area contributed by atoms with Crippen molar-refractivity contribution >= 4 is 17.5 Å². The standard InChI is InChI=1S/C23H24ClFN2O/c1-3-17(2)27(23(28)19-8-5-10-21(25)14-19)16-22-11-6-12-26(22)15-18-7-4-9-20(24)13-18/h4-14,17H,3,15-16H2,1-2H3. The van der Waals surface area contributed by atoms with Crippen LogP contribution in [0.4, 0.5) is 4.39 Å². The highest BCUT2D eigenvalue weighted by atomic mass is 35.5. The summed E-state index contributed by atoms with van der Waals surface area (Å²) in [5.41, 5.74) is 2.48. The molecule has 3 rings (SSSR count). The highest BCUT2D eigenvalue weighted by molar-refractivity contribution is 6.30. The van der Waals surface area contributed by atoms with Gasteiger partial charge in [-0.05, 0) is 61.4 Å². The Morgan fingerprint density at radius 3 is 2.64 bits per heavy atom. The van der Waals surface area contributed by atoms with Crippen molar-refractivity contribution in [3.05, 3.63) is 94.5 Å². The number of hydrogen-bond acceptors (Lipinski definition) is 1. The fraction of sp³-hybridized carbons (Fsp3) is 0.261. The van der Waals surface area contributed by atoms with Gasteiger partial charge in [-0.15, -0.1) is 0 Å². The molecule has 0 saturated carbocycles. The van der Waals surface area contributed by atoms with E-state index in [4.69, 9.17) is 11.6 Å². The van der Waals surface area contributed by atoms with E-state index in [1.165, 1.54) is 12.1 Å². The highest BCUT2D eigenvalue weighted by Crippen LogP contribution is 2.18. The van der Waals surface area contributed by atoms with E-state index < -0.39 is 5.82 Å². The minimum absolute atomic E-state index is 0.0327. The van der Waals surface area contributed by atoms with Gasteiger partial charge in [0.05, 0.1) is 6.54 Å². The molecule has 1 atom stereocenters. The number of amides is 1. The Hall–Kier alpha value is -2.59. The number of aromatic nitrogens is 1. The number of rotatable bonds is 7. The van der Waals surface area contributed by atoms with Crippen LogP contribution in [0.25, 0.3) is 0 Å². The van der Waals surface area contributed by atoms with Crippen LogP contribution in [0.1, 0.15) is 41.9 Å². The first-order valence-electron chi connectivity index (χ1n) is 9.43. The Bertz CT molecular complexity index is 953. The maximum Gasteiger partial charge on any atom is 0.254 e. The molecule has 1 aromatic heterocycles. The van der Waals surface area contributed by atoms with E-state index in [1.807, 2.05) is 56.4 Å². The smallest absolute Gasteiger partial charge is 0.254 e. The number of benzene rings is 2. The lowest BCUT2D eigenvalue weighted by molar-refractivity contribution is 0.0666. The first-order valence-corrected chi connectivity index (χ1v) is 9.80. The lowest BCUT2D eigenvalue weighted by Gasteiger charge is -2.29. The molecular weight excluding hydrogens is 375 g/mol. The first kappa shape index (κ1) is 20.2. The van der Waals surface area contributed by atoms with E-state index in [1.54, 1.807) is 17.0 Å². The predicted molar refractivity (Wildman–Crippen MR) is 111 cm³/mol. The Balaban J connectivity index is 1.84. The molecule has 0 bridgehead atoms. The Morgan fingerprint density at radius 2 is 1.93 bits per heavy atom. The highest BCUT2D eigenvalue weighted by Gasteiger charge is 2.22. The third kappa shape index (κ3) is 4.82. The van der Waals surface area contributed by atoms with Gasteiger partial charge in [-0.1, -0.05) is 36.7 Å². The summed E-state index contributed by atoms with van der Waals surface area (Å²) in [4.78, 5) is 14.9. The average molecular weight is 399 g/mol. The summed E-state index contributed by atoms with van der Waals surface area (Å²) >= 11 is 6.10. The molecule has 0 spiro atoms. The van der Waals surface area contributed by atoms with Gasteiger partial charge in [0.2, 0.25) is 0 Å². The van der Waals surface area contributed by atoms with Crippen LogP contribution in [-0.4, -0.2) is 21.4 Å². The van der Waals surface area contributed by atoms with Crippen LogP contribution in [0.3, 0.4) is 0 Å². The normalized spacial score (nSPS) is 12.0. The quantitative estimate of drug-likeness (QED) is 0.496. The summed E-state index contributed by atoms with van der Waals surface area (Å²) in [7, 11) is 0. The van der Waals surface area contributed by atoms with E-state index in [-0.39, 0.29) is 11.9 Å². The van der Waals surface area contributed by atoms with Gasteiger partial charge in [0.15, 0.2) is 0 Å². The van der Waals surface area contributed by atoms with Crippen molar-refractivity contribution < 1.29 is 9.18 Å². The molecule has 0 saturated heterocycles. The molecule has 1 unspecified atom stereocenters. The van der Waals surface area contributed by atoms with Gasteiger partial charge in [0.25, 0.3) is 5.91 Å². The predicted octanol–water partition coefficient (Wildman–Crippen LogP) is 5.77. The molecule has 1 amide bonds. The van der Waals surface area contributed by atoms with E-state index in [9.17, 15) is 9.18 Å². The van der Waals surface area contributed by atoms with Crippen LogP contribution in [0.15, 0.2) is 66.9 Å². The van der Waals surface area contributed by atoms with Crippen molar-refractivity contribution in [2.24, 2.45) is 0 Å². The monoisotopic (exact) mass is 398 g/mol. The fourth-order valence-electron chi connectivity index (χ4n) is 3.19. The van der Waals surface area contributed by atoms with Crippen molar-refractivity contribution in [3.8, 4) is 0 Å². The number of nitrogens with zero attached hydrogens (tertiary/aromatic N) is 2. The Labute approximate surface area is 170 Å². The zero-order chi connectivity index (χ0) is 20.1.